The Morgan fingerprint density at radius 3 is 2.00 bits per heavy atom. The van der Waals surface area contributed by atoms with Gasteiger partial charge in [0.25, 0.3) is 0 Å². The molecule has 0 aromatic carbocycles. The highest BCUT2D eigenvalue weighted by Gasteiger charge is 2.03. The number of halogens is 2. The lowest BCUT2D eigenvalue weighted by molar-refractivity contribution is 0.570. The van der Waals surface area contributed by atoms with Crippen LogP contribution in [0.1, 0.15) is 20.8 Å². The second-order valence-corrected chi connectivity index (χ2v) is 4.70. The molecule has 0 aliphatic heterocycles. The molecule has 2 heteroatoms. The van der Waals surface area contributed by atoms with Crippen molar-refractivity contribution in [1.82, 2.24) is 0 Å². The molecule has 0 amide bonds. The molecular formula is C7H10BrCl. The van der Waals surface area contributed by atoms with Crippen LogP contribution in [-0.2, 0) is 0 Å². The van der Waals surface area contributed by atoms with Crippen molar-refractivity contribution >= 4 is 27.5 Å². The summed E-state index contributed by atoms with van der Waals surface area (Å²) < 4.78 is -0.211. The molecule has 0 aromatic rings. The minimum absolute atomic E-state index is 0.0565. The van der Waals surface area contributed by atoms with Crippen LogP contribution in [0.25, 0.3) is 0 Å². The first-order valence-electron chi connectivity index (χ1n) is 2.73. The quantitative estimate of drug-likeness (QED) is 0.425. The van der Waals surface area contributed by atoms with Crippen molar-refractivity contribution in [3.05, 3.63) is 0 Å². The molecule has 9 heavy (non-hydrogen) atoms. The molecule has 0 saturated carbocycles. The summed E-state index contributed by atoms with van der Waals surface area (Å²) in [6.45, 7) is 6.14. The topological polar surface area (TPSA) is 0 Å². The van der Waals surface area contributed by atoms with Crippen molar-refractivity contribution < 1.29 is 0 Å². The molecule has 1 unspecified atom stereocenters. The minimum Gasteiger partial charge on any atom is -0.0961 e. The molecule has 52 valence electrons. The second kappa shape index (κ2) is 3.49. The predicted molar refractivity (Wildman–Crippen MR) is 45.8 cm³/mol. The lowest BCUT2D eigenvalue weighted by Gasteiger charge is -2.06. The fourth-order valence-electron chi connectivity index (χ4n) is 0.271. The average molecular weight is 210 g/mol. The van der Waals surface area contributed by atoms with Crippen molar-refractivity contribution in [3.8, 4) is 11.8 Å². The molecular weight excluding hydrogens is 199 g/mol. The average Bonchev–Trinajstić information content (AvgIpc) is 1.59. The molecule has 0 aromatic heterocycles. The summed E-state index contributed by atoms with van der Waals surface area (Å²) in [5.41, 5.74) is 0.0565. The predicted octanol–water partition coefficient (Wildman–Crippen LogP) is 3.00. The van der Waals surface area contributed by atoms with Gasteiger partial charge in [0, 0.05) is 5.41 Å². The Balaban J connectivity index is 3.88. The van der Waals surface area contributed by atoms with E-state index in [1.54, 1.807) is 0 Å². The van der Waals surface area contributed by atoms with E-state index in [1.807, 2.05) is 20.8 Å². The van der Waals surface area contributed by atoms with Crippen LogP contribution in [0.5, 0.6) is 0 Å². The first-order valence-corrected chi connectivity index (χ1v) is 4.08. The summed E-state index contributed by atoms with van der Waals surface area (Å²) in [6, 6.07) is 0. The molecule has 0 N–H and O–H groups in total. The Morgan fingerprint density at radius 1 is 1.44 bits per heavy atom. The van der Waals surface area contributed by atoms with Gasteiger partial charge in [0.1, 0.15) is 4.29 Å². The van der Waals surface area contributed by atoms with Crippen LogP contribution < -0.4 is 0 Å². The summed E-state index contributed by atoms with van der Waals surface area (Å²) in [4.78, 5) is 0. The minimum atomic E-state index is -0.211. The van der Waals surface area contributed by atoms with Crippen LogP contribution in [0, 0.1) is 17.3 Å². The van der Waals surface area contributed by atoms with E-state index in [1.165, 1.54) is 0 Å². The molecule has 0 fully saturated rings. The van der Waals surface area contributed by atoms with E-state index in [2.05, 4.69) is 27.8 Å². The molecule has 0 spiro atoms. The standard InChI is InChI=1S/C7H10BrCl/c1-7(2,3)5-4-6(8)9/h6H,1-3H3. The van der Waals surface area contributed by atoms with E-state index in [0.717, 1.165) is 0 Å². The summed E-state index contributed by atoms with van der Waals surface area (Å²) in [6.07, 6.45) is 0. The van der Waals surface area contributed by atoms with Crippen molar-refractivity contribution in [3.63, 3.8) is 0 Å². The van der Waals surface area contributed by atoms with E-state index in [-0.39, 0.29) is 9.70 Å². The van der Waals surface area contributed by atoms with Crippen LogP contribution in [0.4, 0.5) is 0 Å². The zero-order valence-corrected chi connectivity index (χ0v) is 8.18. The van der Waals surface area contributed by atoms with Crippen LogP contribution >= 0.6 is 27.5 Å². The smallest absolute Gasteiger partial charge is 0.0961 e. The van der Waals surface area contributed by atoms with Crippen molar-refractivity contribution in [2.24, 2.45) is 5.41 Å². The highest BCUT2D eigenvalue weighted by Crippen LogP contribution is 2.11. The van der Waals surface area contributed by atoms with Crippen molar-refractivity contribution in [2.45, 2.75) is 25.1 Å². The first-order chi connectivity index (χ1) is 3.92. The van der Waals surface area contributed by atoms with Crippen LogP contribution in [0.2, 0.25) is 0 Å². The van der Waals surface area contributed by atoms with E-state index < -0.39 is 0 Å². The number of hydrogen-bond donors (Lipinski definition) is 0. The first kappa shape index (κ1) is 9.33. The summed E-state index contributed by atoms with van der Waals surface area (Å²) in [7, 11) is 0. The maximum atomic E-state index is 5.53. The Labute approximate surface area is 70.1 Å². The van der Waals surface area contributed by atoms with Gasteiger partial charge in [-0.25, -0.2) is 0 Å². The van der Waals surface area contributed by atoms with Gasteiger partial charge < -0.3 is 0 Å². The van der Waals surface area contributed by atoms with E-state index >= 15 is 0 Å². The Bertz CT molecular complexity index is 133. The SMILES string of the molecule is CC(C)(C)C#CC(Cl)Br. The Kier molecular flexibility index (Phi) is 3.61. The number of hydrogen-bond acceptors (Lipinski definition) is 0. The third-order valence-corrected chi connectivity index (χ3v) is 0.894. The molecule has 0 aliphatic rings. The van der Waals surface area contributed by atoms with Crippen LogP contribution in [-0.4, -0.2) is 4.29 Å². The number of alkyl halides is 2. The molecule has 0 aliphatic carbocycles. The van der Waals surface area contributed by atoms with Gasteiger partial charge in [-0.05, 0) is 20.8 Å². The van der Waals surface area contributed by atoms with Crippen LogP contribution in [0.3, 0.4) is 0 Å². The van der Waals surface area contributed by atoms with Crippen molar-refractivity contribution in [2.75, 3.05) is 0 Å². The van der Waals surface area contributed by atoms with Gasteiger partial charge in [-0.3, -0.25) is 0 Å². The Morgan fingerprint density at radius 2 is 1.89 bits per heavy atom. The van der Waals surface area contributed by atoms with Gasteiger partial charge in [0.2, 0.25) is 0 Å². The molecule has 0 heterocycles. The molecule has 0 rings (SSSR count). The zero-order chi connectivity index (χ0) is 7.49. The van der Waals surface area contributed by atoms with E-state index in [0.29, 0.717) is 0 Å². The maximum absolute atomic E-state index is 5.53. The third-order valence-electron chi connectivity index (χ3n) is 0.556. The molecule has 0 saturated heterocycles. The summed E-state index contributed by atoms with van der Waals surface area (Å²) in [5.74, 6) is 5.81. The largest absolute Gasteiger partial charge is 0.149 e. The second-order valence-electron chi connectivity index (χ2n) is 2.82. The zero-order valence-electron chi connectivity index (χ0n) is 5.83. The van der Waals surface area contributed by atoms with Crippen molar-refractivity contribution in [1.29, 1.82) is 0 Å². The Hall–Kier alpha value is 0.330. The maximum Gasteiger partial charge on any atom is 0.149 e. The molecule has 0 nitrogen and oxygen atoms in total. The summed E-state index contributed by atoms with van der Waals surface area (Å²) in [5, 5.41) is 0. The van der Waals surface area contributed by atoms with Gasteiger partial charge in [-0.1, -0.05) is 39.4 Å². The molecule has 1 atom stereocenters. The highest BCUT2D eigenvalue weighted by molar-refractivity contribution is 9.10. The van der Waals surface area contributed by atoms with Gasteiger partial charge >= 0.3 is 0 Å². The highest BCUT2D eigenvalue weighted by atomic mass is 79.9. The van der Waals surface area contributed by atoms with Gasteiger partial charge in [-0.15, -0.1) is 0 Å². The van der Waals surface area contributed by atoms with Crippen LogP contribution in [0.15, 0.2) is 0 Å². The lowest BCUT2D eigenvalue weighted by Crippen LogP contribution is -1.99. The molecule has 0 radical (unpaired) electrons. The fourth-order valence-corrected chi connectivity index (χ4v) is 0.440. The van der Waals surface area contributed by atoms with Gasteiger partial charge in [0.15, 0.2) is 0 Å². The van der Waals surface area contributed by atoms with Gasteiger partial charge in [0.05, 0.1) is 0 Å². The van der Waals surface area contributed by atoms with E-state index in [4.69, 9.17) is 11.6 Å². The number of rotatable bonds is 0. The fraction of sp³-hybridized carbons (Fsp3) is 0.714. The third kappa shape index (κ3) is 8.33. The van der Waals surface area contributed by atoms with E-state index in [9.17, 15) is 0 Å². The van der Waals surface area contributed by atoms with Gasteiger partial charge in [-0.2, -0.15) is 0 Å². The molecule has 0 bridgehead atoms. The lowest BCUT2D eigenvalue weighted by atomic mass is 9.98. The monoisotopic (exact) mass is 208 g/mol. The summed E-state index contributed by atoms with van der Waals surface area (Å²) >= 11 is 8.65. The normalized spacial score (nSPS) is 13.9.